The van der Waals surface area contributed by atoms with Gasteiger partial charge in [-0.05, 0) is 12.1 Å². The van der Waals surface area contributed by atoms with Crippen molar-refractivity contribution >= 4 is 17.5 Å². The van der Waals surface area contributed by atoms with E-state index >= 15 is 0 Å². The number of carbonyl (C=O) groups is 1. The molecule has 0 radical (unpaired) electrons. The highest BCUT2D eigenvalue weighted by Crippen LogP contribution is 2.18. The number of hydrogen-bond acceptors (Lipinski definition) is 2. The van der Waals surface area contributed by atoms with Crippen molar-refractivity contribution < 1.29 is 18.0 Å². The van der Waals surface area contributed by atoms with Crippen molar-refractivity contribution in [3.05, 3.63) is 29.0 Å². The molecule has 0 fully saturated rings. The zero-order chi connectivity index (χ0) is 12.2. The van der Waals surface area contributed by atoms with Crippen LogP contribution in [0, 0.1) is 0 Å². The Kier molecular flexibility index (Phi) is 4.12. The lowest BCUT2D eigenvalue weighted by atomic mass is 10.3. The normalized spacial score (nSPS) is 11.2. The third-order valence-electron chi connectivity index (χ3n) is 1.64. The summed E-state index contributed by atoms with van der Waals surface area (Å²) in [5, 5.41) is 2.22. The van der Waals surface area contributed by atoms with Gasteiger partial charge < -0.3 is 5.32 Å². The van der Waals surface area contributed by atoms with Crippen LogP contribution in [0.4, 0.5) is 13.2 Å². The van der Waals surface area contributed by atoms with Gasteiger partial charge in [0, 0.05) is 6.54 Å². The molecule has 0 saturated heterocycles. The van der Waals surface area contributed by atoms with E-state index in [0.717, 1.165) is 0 Å². The largest absolute Gasteiger partial charge is 0.390 e. The van der Waals surface area contributed by atoms with Gasteiger partial charge in [-0.25, -0.2) is 4.98 Å². The third kappa shape index (κ3) is 4.48. The Morgan fingerprint density at radius 1 is 1.44 bits per heavy atom. The van der Waals surface area contributed by atoms with Crippen LogP contribution >= 0.6 is 11.6 Å². The van der Waals surface area contributed by atoms with Crippen LogP contribution in [0.5, 0.6) is 0 Å². The summed E-state index contributed by atoms with van der Waals surface area (Å²) in [6.07, 6.45) is -5.35. The minimum atomic E-state index is -4.28. The summed E-state index contributed by atoms with van der Waals surface area (Å²) >= 11 is 5.52. The van der Waals surface area contributed by atoms with E-state index in [2.05, 4.69) is 10.3 Å². The molecule has 3 nitrogen and oxygen atoms in total. The van der Waals surface area contributed by atoms with E-state index in [1.165, 1.54) is 18.2 Å². The maximum atomic E-state index is 11.8. The third-order valence-corrected chi connectivity index (χ3v) is 1.85. The molecule has 0 aliphatic rings. The quantitative estimate of drug-likeness (QED) is 0.840. The Labute approximate surface area is 94.6 Å². The summed E-state index contributed by atoms with van der Waals surface area (Å²) < 4.78 is 35.4. The maximum Gasteiger partial charge on any atom is 0.390 e. The standard InChI is InChI=1S/C9H8ClF3N2O/c10-7-3-1-2-6(15-7)8(16)14-5-4-9(11,12)13/h1-3H,4-5H2,(H,14,16). The summed E-state index contributed by atoms with van der Waals surface area (Å²) in [5.41, 5.74) is -0.00493. The Bertz CT molecular complexity index is 381. The molecule has 1 rings (SSSR count). The smallest absolute Gasteiger partial charge is 0.350 e. The molecule has 1 N–H and O–H groups in total. The molecule has 0 aliphatic carbocycles. The van der Waals surface area contributed by atoms with E-state index in [4.69, 9.17) is 11.6 Å². The van der Waals surface area contributed by atoms with E-state index in [-0.39, 0.29) is 10.8 Å². The van der Waals surface area contributed by atoms with Crippen molar-refractivity contribution in [1.82, 2.24) is 10.3 Å². The summed E-state index contributed by atoms with van der Waals surface area (Å²) in [7, 11) is 0. The Morgan fingerprint density at radius 2 is 2.12 bits per heavy atom. The molecule has 7 heteroatoms. The van der Waals surface area contributed by atoms with Crippen LogP contribution in [-0.2, 0) is 0 Å². The molecule has 88 valence electrons. The zero-order valence-corrected chi connectivity index (χ0v) is 8.77. The maximum absolute atomic E-state index is 11.8. The van der Waals surface area contributed by atoms with Gasteiger partial charge in [-0.1, -0.05) is 17.7 Å². The average Bonchev–Trinajstić information content (AvgIpc) is 2.15. The van der Waals surface area contributed by atoms with Gasteiger partial charge in [-0.3, -0.25) is 4.79 Å². The number of amides is 1. The highest BCUT2D eigenvalue weighted by molar-refractivity contribution is 6.29. The number of hydrogen-bond donors (Lipinski definition) is 1. The summed E-state index contributed by atoms with van der Waals surface area (Å²) in [4.78, 5) is 14.9. The van der Waals surface area contributed by atoms with E-state index < -0.39 is 25.0 Å². The van der Waals surface area contributed by atoms with Gasteiger partial charge in [-0.15, -0.1) is 0 Å². The van der Waals surface area contributed by atoms with E-state index in [1.54, 1.807) is 0 Å². The molecule has 0 aliphatic heterocycles. The van der Waals surface area contributed by atoms with Crippen LogP contribution in [0.15, 0.2) is 18.2 Å². The van der Waals surface area contributed by atoms with E-state index in [0.29, 0.717) is 0 Å². The highest BCUT2D eigenvalue weighted by atomic mass is 35.5. The minimum Gasteiger partial charge on any atom is -0.350 e. The van der Waals surface area contributed by atoms with Gasteiger partial charge in [0.15, 0.2) is 0 Å². The monoisotopic (exact) mass is 252 g/mol. The first-order valence-corrected chi connectivity index (χ1v) is 4.74. The zero-order valence-electron chi connectivity index (χ0n) is 8.01. The molecule has 0 unspecified atom stereocenters. The highest BCUT2D eigenvalue weighted by Gasteiger charge is 2.26. The molecule has 1 amide bonds. The summed E-state index contributed by atoms with van der Waals surface area (Å²) in [5.74, 6) is -0.674. The number of nitrogens with one attached hydrogen (secondary N) is 1. The van der Waals surface area contributed by atoms with Crippen molar-refractivity contribution in [2.75, 3.05) is 6.54 Å². The second-order valence-electron chi connectivity index (χ2n) is 2.97. The SMILES string of the molecule is O=C(NCCC(F)(F)F)c1cccc(Cl)n1. The van der Waals surface area contributed by atoms with Crippen molar-refractivity contribution in [2.24, 2.45) is 0 Å². The Hall–Kier alpha value is -1.30. The van der Waals surface area contributed by atoms with E-state index in [9.17, 15) is 18.0 Å². The van der Waals surface area contributed by atoms with Gasteiger partial charge in [-0.2, -0.15) is 13.2 Å². The number of nitrogens with zero attached hydrogens (tertiary/aromatic N) is 1. The fourth-order valence-electron chi connectivity index (χ4n) is 0.943. The number of halogens is 4. The lowest BCUT2D eigenvalue weighted by Crippen LogP contribution is -2.28. The second-order valence-corrected chi connectivity index (χ2v) is 3.35. The van der Waals surface area contributed by atoms with Gasteiger partial charge in [0.05, 0.1) is 6.42 Å². The number of rotatable bonds is 3. The number of aromatic nitrogens is 1. The summed E-state index contributed by atoms with van der Waals surface area (Å²) in [6.45, 7) is -0.476. The van der Waals surface area contributed by atoms with Gasteiger partial charge in [0.2, 0.25) is 0 Å². The molecule has 1 aromatic rings. The molecule has 0 aromatic carbocycles. The van der Waals surface area contributed by atoms with Crippen LogP contribution in [0.1, 0.15) is 16.9 Å². The molecule has 1 heterocycles. The van der Waals surface area contributed by atoms with Crippen molar-refractivity contribution in [2.45, 2.75) is 12.6 Å². The van der Waals surface area contributed by atoms with Crippen LogP contribution in [0.3, 0.4) is 0 Å². The second kappa shape index (κ2) is 5.16. The van der Waals surface area contributed by atoms with Crippen LogP contribution in [0.25, 0.3) is 0 Å². The molecular formula is C9H8ClF3N2O. The first-order valence-electron chi connectivity index (χ1n) is 4.36. The predicted molar refractivity (Wildman–Crippen MR) is 52.3 cm³/mol. The fraction of sp³-hybridized carbons (Fsp3) is 0.333. The fourth-order valence-corrected chi connectivity index (χ4v) is 1.11. The Morgan fingerprint density at radius 3 is 2.69 bits per heavy atom. The van der Waals surface area contributed by atoms with Crippen LogP contribution < -0.4 is 5.32 Å². The topological polar surface area (TPSA) is 42.0 Å². The van der Waals surface area contributed by atoms with Crippen LogP contribution in [-0.4, -0.2) is 23.6 Å². The summed E-state index contributed by atoms with van der Waals surface area (Å²) in [6, 6.07) is 4.33. The first-order chi connectivity index (χ1) is 7.38. The molecule has 0 atom stereocenters. The van der Waals surface area contributed by atoms with E-state index in [1.807, 2.05) is 0 Å². The molecule has 0 bridgehead atoms. The van der Waals surface area contributed by atoms with Gasteiger partial charge in [0.25, 0.3) is 5.91 Å². The molecular weight excluding hydrogens is 245 g/mol. The number of pyridine rings is 1. The van der Waals surface area contributed by atoms with Crippen molar-refractivity contribution in [3.8, 4) is 0 Å². The minimum absolute atomic E-state index is 0.00493. The Balaban J connectivity index is 2.47. The molecule has 0 saturated carbocycles. The average molecular weight is 253 g/mol. The molecule has 16 heavy (non-hydrogen) atoms. The first kappa shape index (κ1) is 12.8. The van der Waals surface area contributed by atoms with Gasteiger partial charge in [0.1, 0.15) is 10.8 Å². The van der Waals surface area contributed by atoms with Gasteiger partial charge >= 0.3 is 6.18 Å². The number of alkyl halides is 3. The molecule has 0 spiro atoms. The molecule has 1 aromatic heterocycles. The van der Waals surface area contributed by atoms with Crippen molar-refractivity contribution in [3.63, 3.8) is 0 Å². The van der Waals surface area contributed by atoms with Crippen LogP contribution in [0.2, 0.25) is 5.15 Å². The predicted octanol–water partition coefficient (Wildman–Crippen LogP) is 2.42. The number of carbonyl (C=O) groups excluding carboxylic acids is 1. The lowest BCUT2D eigenvalue weighted by Gasteiger charge is -2.07. The lowest BCUT2D eigenvalue weighted by molar-refractivity contribution is -0.132. The van der Waals surface area contributed by atoms with Crippen molar-refractivity contribution in [1.29, 1.82) is 0 Å².